The van der Waals surface area contributed by atoms with Crippen LogP contribution in [-0.4, -0.2) is 0 Å². The molecule has 0 aromatic heterocycles. The van der Waals surface area contributed by atoms with Crippen LogP contribution in [-0.2, 0) is 0 Å². The van der Waals surface area contributed by atoms with Crippen molar-refractivity contribution in [3.63, 3.8) is 0 Å². The van der Waals surface area contributed by atoms with Crippen molar-refractivity contribution in [2.24, 2.45) is 0 Å². The molecule has 0 heterocycles. The third kappa shape index (κ3) is 5.41. The Bertz CT molecular complexity index is 1080. The van der Waals surface area contributed by atoms with Crippen LogP contribution in [0.5, 0.6) is 0 Å². The van der Waals surface area contributed by atoms with Gasteiger partial charge in [-0.15, -0.1) is 0 Å². The number of rotatable bonds is 2. The summed E-state index contributed by atoms with van der Waals surface area (Å²) in [5, 5.41) is 1.07. The van der Waals surface area contributed by atoms with Crippen molar-refractivity contribution in [2.75, 3.05) is 22.9 Å². The summed E-state index contributed by atoms with van der Waals surface area (Å²) in [5.74, 6) is -1.04. The Morgan fingerprint density at radius 3 is 1.00 bits per heavy atom. The molecule has 0 spiro atoms. The molecule has 32 heavy (non-hydrogen) atoms. The molecule has 0 fully saturated rings. The molecule has 164 valence electrons. The molecule has 8 N–H and O–H groups in total. The van der Waals surface area contributed by atoms with E-state index in [9.17, 15) is 8.78 Å². The van der Waals surface area contributed by atoms with Gasteiger partial charge in [0.15, 0.2) is 0 Å². The monoisotopic (exact) mass is 472 g/mol. The van der Waals surface area contributed by atoms with E-state index in [1.54, 1.807) is 36.4 Å². The molecule has 0 aliphatic rings. The van der Waals surface area contributed by atoms with E-state index in [1.165, 1.54) is 24.3 Å². The van der Waals surface area contributed by atoms with Crippen molar-refractivity contribution in [1.29, 1.82) is 0 Å². The van der Waals surface area contributed by atoms with Crippen LogP contribution < -0.4 is 22.9 Å². The number of halogens is 4. The summed E-state index contributed by atoms with van der Waals surface area (Å²) < 4.78 is 26.4. The Hall–Kier alpha value is -3.48. The maximum Gasteiger partial charge on any atom is 0.146 e. The van der Waals surface area contributed by atoms with Gasteiger partial charge in [-0.25, -0.2) is 8.78 Å². The van der Waals surface area contributed by atoms with Crippen molar-refractivity contribution < 1.29 is 8.78 Å². The molecule has 0 aliphatic heterocycles. The van der Waals surface area contributed by atoms with E-state index in [0.29, 0.717) is 32.5 Å². The molecule has 0 unspecified atom stereocenters. The lowest BCUT2D eigenvalue weighted by atomic mass is 10.0. The van der Waals surface area contributed by atoms with Gasteiger partial charge in [-0.2, -0.15) is 0 Å². The second kappa shape index (κ2) is 9.77. The number of nitrogen functional groups attached to an aromatic ring is 4. The van der Waals surface area contributed by atoms with Gasteiger partial charge in [-0.05, 0) is 70.8 Å². The number of hydrogen-bond donors (Lipinski definition) is 4. The maximum absolute atomic E-state index is 13.2. The van der Waals surface area contributed by atoms with E-state index in [0.717, 1.165) is 11.1 Å². The molecule has 4 nitrogen and oxygen atoms in total. The molecule has 4 rings (SSSR count). The minimum Gasteiger partial charge on any atom is -0.398 e. The van der Waals surface area contributed by atoms with Crippen LogP contribution in [0.4, 0.5) is 31.5 Å². The zero-order valence-electron chi connectivity index (χ0n) is 16.7. The fraction of sp³-hybridized carbons (Fsp3) is 0. The summed E-state index contributed by atoms with van der Waals surface area (Å²) in [6.45, 7) is 0. The van der Waals surface area contributed by atoms with Crippen LogP contribution >= 0.6 is 23.2 Å². The van der Waals surface area contributed by atoms with Gasteiger partial charge in [0.05, 0.1) is 32.8 Å². The lowest BCUT2D eigenvalue weighted by Gasteiger charge is -2.06. The Morgan fingerprint density at radius 2 is 0.719 bits per heavy atom. The van der Waals surface area contributed by atoms with Crippen LogP contribution in [0.25, 0.3) is 22.3 Å². The Morgan fingerprint density at radius 1 is 0.438 bits per heavy atom. The van der Waals surface area contributed by atoms with Gasteiger partial charge < -0.3 is 22.9 Å². The van der Waals surface area contributed by atoms with Gasteiger partial charge in [-0.3, -0.25) is 0 Å². The molecule has 8 heteroatoms. The molecule has 0 amide bonds. The number of anilines is 4. The second-order valence-electron chi connectivity index (χ2n) is 6.95. The average Bonchev–Trinajstić information content (AvgIpc) is 2.76. The van der Waals surface area contributed by atoms with Crippen molar-refractivity contribution >= 4 is 46.0 Å². The molecule has 0 atom stereocenters. The fourth-order valence-corrected chi connectivity index (χ4v) is 3.19. The number of benzene rings is 4. The molecule has 0 saturated carbocycles. The highest BCUT2D eigenvalue weighted by molar-refractivity contribution is 6.34. The van der Waals surface area contributed by atoms with E-state index in [1.807, 2.05) is 12.1 Å². The zero-order chi connectivity index (χ0) is 23.4. The molecule has 0 radical (unpaired) electrons. The number of nitrogens with two attached hydrogens (primary N) is 4. The quantitative estimate of drug-likeness (QED) is 0.246. The SMILES string of the molecule is Nc1ccc(-c2ccc(N)c(Cl)c2)cc1Cl.Nc1ccc(-c2ccc(N)c(F)c2)cc1F. The van der Waals surface area contributed by atoms with Crippen LogP contribution in [0.15, 0.2) is 72.8 Å². The van der Waals surface area contributed by atoms with Crippen LogP contribution in [0.2, 0.25) is 10.0 Å². The van der Waals surface area contributed by atoms with Gasteiger partial charge in [-0.1, -0.05) is 47.5 Å². The van der Waals surface area contributed by atoms with E-state index in [4.69, 9.17) is 46.1 Å². The summed E-state index contributed by atoms with van der Waals surface area (Å²) >= 11 is 11.9. The third-order valence-electron chi connectivity index (χ3n) is 4.67. The van der Waals surface area contributed by atoms with Gasteiger partial charge in [0.2, 0.25) is 0 Å². The minimum atomic E-state index is -0.519. The topological polar surface area (TPSA) is 104 Å². The largest absolute Gasteiger partial charge is 0.398 e. The molecule has 0 bridgehead atoms. The summed E-state index contributed by atoms with van der Waals surface area (Å²) in [6.07, 6.45) is 0. The Balaban J connectivity index is 0.000000181. The molecule has 0 aliphatic carbocycles. The van der Waals surface area contributed by atoms with Crippen molar-refractivity contribution in [3.8, 4) is 22.3 Å². The van der Waals surface area contributed by atoms with Crippen LogP contribution in [0.1, 0.15) is 0 Å². The highest BCUT2D eigenvalue weighted by atomic mass is 35.5. The van der Waals surface area contributed by atoms with Gasteiger partial charge >= 0.3 is 0 Å². The molecule has 4 aromatic carbocycles. The highest BCUT2D eigenvalue weighted by Gasteiger charge is 2.06. The van der Waals surface area contributed by atoms with E-state index in [-0.39, 0.29) is 11.4 Å². The summed E-state index contributed by atoms with van der Waals surface area (Å²) in [4.78, 5) is 0. The Kier molecular flexibility index (Phi) is 7.08. The maximum atomic E-state index is 13.2. The highest BCUT2D eigenvalue weighted by Crippen LogP contribution is 2.30. The average molecular weight is 473 g/mol. The summed E-state index contributed by atoms with van der Waals surface area (Å²) in [5.41, 5.74) is 26.3. The molecule has 4 aromatic rings. The smallest absolute Gasteiger partial charge is 0.146 e. The Labute approximate surface area is 194 Å². The fourth-order valence-electron chi connectivity index (χ4n) is 2.83. The lowest BCUT2D eigenvalue weighted by molar-refractivity contribution is 0.631. The minimum absolute atomic E-state index is 0.0691. The normalized spacial score (nSPS) is 10.4. The van der Waals surface area contributed by atoms with Gasteiger partial charge in [0.1, 0.15) is 11.6 Å². The predicted molar refractivity (Wildman–Crippen MR) is 131 cm³/mol. The van der Waals surface area contributed by atoms with Gasteiger partial charge in [0.25, 0.3) is 0 Å². The van der Waals surface area contributed by atoms with Crippen molar-refractivity contribution in [1.82, 2.24) is 0 Å². The van der Waals surface area contributed by atoms with E-state index < -0.39 is 11.6 Å². The first-order chi connectivity index (χ1) is 15.2. The van der Waals surface area contributed by atoms with Crippen LogP contribution in [0.3, 0.4) is 0 Å². The van der Waals surface area contributed by atoms with Gasteiger partial charge in [0, 0.05) is 0 Å². The third-order valence-corrected chi connectivity index (χ3v) is 5.32. The lowest BCUT2D eigenvalue weighted by Crippen LogP contribution is -1.92. The summed E-state index contributed by atoms with van der Waals surface area (Å²) in [6, 6.07) is 19.6. The first kappa shape index (κ1) is 23.2. The molecular weight excluding hydrogens is 453 g/mol. The van der Waals surface area contributed by atoms with E-state index >= 15 is 0 Å². The standard InChI is InChI=1S/C12H10Cl2N2.C12H10F2N2/c2*13-9-5-7(1-3-11(9)15)8-2-4-12(16)10(14)6-8/h2*1-6H,15-16H2. The number of hydrogen-bond acceptors (Lipinski definition) is 4. The van der Waals surface area contributed by atoms with E-state index in [2.05, 4.69) is 0 Å². The first-order valence-electron chi connectivity index (χ1n) is 9.36. The first-order valence-corrected chi connectivity index (χ1v) is 10.1. The molecule has 0 saturated heterocycles. The van der Waals surface area contributed by atoms with Crippen molar-refractivity contribution in [3.05, 3.63) is 94.5 Å². The summed E-state index contributed by atoms with van der Waals surface area (Å²) in [7, 11) is 0. The van der Waals surface area contributed by atoms with Crippen LogP contribution in [0, 0.1) is 11.6 Å². The van der Waals surface area contributed by atoms with Crippen molar-refractivity contribution in [2.45, 2.75) is 0 Å². The molecular formula is C24H20Cl2F2N4. The predicted octanol–water partition coefficient (Wildman–Crippen LogP) is 6.62. The second-order valence-corrected chi connectivity index (χ2v) is 7.76. The zero-order valence-corrected chi connectivity index (χ0v) is 18.3.